The third-order valence-electron chi connectivity index (χ3n) is 4.15. The van der Waals surface area contributed by atoms with Crippen molar-refractivity contribution in [3.63, 3.8) is 0 Å². The van der Waals surface area contributed by atoms with Crippen molar-refractivity contribution in [2.24, 2.45) is 0 Å². The fourth-order valence-electron chi connectivity index (χ4n) is 2.62. The first-order chi connectivity index (χ1) is 9.15. The Labute approximate surface area is 119 Å². The monoisotopic (exact) mass is 281 g/mol. The largest absolute Gasteiger partial charge is 0.376 e. The molecule has 1 saturated carbocycles. The Morgan fingerprint density at radius 3 is 2.84 bits per heavy atom. The van der Waals surface area contributed by atoms with E-state index in [0.717, 1.165) is 30.7 Å². The highest BCUT2D eigenvalue weighted by molar-refractivity contribution is 7.15. The van der Waals surface area contributed by atoms with E-state index in [4.69, 9.17) is 9.72 Å². The normalized spacial score (nSPS) is 26.9. The van der Waals surface area contributed by atoms with Crippen molar-refractivity contribution >= 4 is 16.5 Å². The fourth-order valence-corrected chi connectivity index (χ4v) is 3.65. The molecule has 4 nitrogen and oxygen atoms in total. The predicted octanol–water partition coefficient (Wildman–Crippen LogP) is 2.32. The summed E-state index contributed by atoms with van der Waals surface area (Å²) < 4.78 is 5.66. The molecule has 2 fully saturated rings. The number of ether oxygens (including phenoxy) is 1. The Bertz CT molecular complexity index is 444. The summed E-state index contributed by atoms with van der Waals surface area (Å²) in [6, 6.07) is 1.22. The van der Waals surface area contributed by atoms with Crippen molar-refractivity contribution in [2.75, 3.05) is 18.6 Å². The van der Waals surface area contributed by atoms with Crippen LogP contribution in [-0.4, -0.2) is 36.8 Å². The lowest BCUT2D eigenvalue weighted by Crippen LogP contribution is -2.36. The first kappa shape index (κ1) is 13.3. The number of rotatable bonds is 5. The Hall–Kier alpha value is -0.650. The van der Waals surface area contributed by atoms with Gasteiger partial charge in [-0.2, -0.15) is 0 Å². The number of aromatic nitrogens is 1. The lowest BCUT2D eigenvalue weighted by Gasteiger charge is -2.26. The molecule has 1 aliphatic carbocycles. The molecule has 1 aromatic rings. The minimum absolute atomic E-state index is 0.308. The summed E-state index contributed by atoms with van der Waals surface area (Å²) in [5.74, 6) is 0. The average molecular weight is 281 g/mol. The summed E-state index contributed by atoms with van der Waals surface area (Å²) in [4.78, 5) is 8.41. The van der Waals surface area contributed by atoms with Crippen LogP contribution in [0.5, 0.6) is 0 Å². The van der Waals surface area contributed by atoms with Gasteiger partial charge in [0.25, 0.3) is 0 Å². The van der Waals surface area contributed by atoms with Gasteiger partial charge in [-0.05, 0) is 33.1 Å². The molecule has 0 bridgehead atoms. The molecule has 2 unspecified atom stereocenters. The quantitative estimate of drug-likeness (QED) is 0.899. The minimum atomic E-state index is 0.308. The van der Waals surface area contributed by atoms with Gasteiger partial charge in [-0.1, -0.05) is 0 Å². The molecule has 2 aliphatic rings. The van der Waals surface area contributed by atoms with Crippen LogP contribution in [0.2, 0.25) is 0 Å². The zero-order valence-corrected chi connectivity index (χ0v) is 12.8. The number of anilines is 1. The Morgan fingerprint density at radius 2 is 2.21 bits per heavy atom. The minimum Gasteiger partial charge on any atom is -0.376 e. The van der Waals surface area contributed by atoms with E-state index in [0.29, 0.717) is 12.1 Å². The van der Waals surface area contributed by atoms with Gasteiger partial charge in [0, 0.05) is 31.1 Å². The first-order valence-corrected chi connectivity index (χ1v) is 8.01. The van der Waals surface area contributed by atoms with Gasteiger partial charge in [0.2, 0.25) is 0 Å². The number of nitrogens with zero attached hydrogens (tertiary/aromatic N) is 2. The highest BCUT2D eigenvalue weighted by atomic mass is 32.1. The van der Waals surface area contributed by atoms with E-state index in [1.54, 1.807) is 0 Å². The number of likely N-dealkylation sites (N-methyl/N-ethyl adjacent to an activating group) is 1. The molecule has 106 valence electrons. The highest BCUT2D eigenvalue weighted by Crippen LogP contribution is 2.30. The zero-order chi connectivity index (χ0) is 13.4. The van der Waals surface area contributed by atoms with Crippen LogP contribution in [0.15, 0.2) is 0 Å². The van der Waals surface area contributed by atoms with E-state index >= 15 is 0 Å². The lowest BCUT2D eigenvalue weighted by molar-refractivity contribution is 0.118. The smallest absolute Gasteiger partial charge is 0.185 e. The van der Waals surface area contributed by atoms with Crippen LogP contribution in [0.4, 0.5) is 5.13 Å². The molecule has 0 amide bonds. The maximum absolute atomic E-state index is 5.66. The number of aryl methyl sites for hydroxylation is 1. The van der Waals surface area contributed by atoms with Crippen LogP contribution in [0, 0.1) is 6.92 Å². The Kier molecular flexibility index (Phi) is 3.78. The van der Waals surface area contributed by atoms with E-state index in [9.17, 15) is 0 Å². The molecule has 0 radical (unpaired) electrons. The molecule has 0 aromatic carbocycles. The lowest BCUT2D eigenvalue weighted by atomic mass is 10.1. The number of nitrogens with one attached hydrogen (secondary N) is 1. The molecular weight excluding hydrogens is 258 g/mol. The second kappa shape index (κ2) is 5.38. The summed E-state index contributed by atoms with van der Waals surface area (Å²) in [6.45, 7) is 6.12. The predicted molar refractivity (Wildman–Crippen MR) is 78.9 cm³/mol. The van der Waals surface area contributed by atoms with Crippen molar-refractivity contribution in [3.8, 4) is 0 Å². The topological polar surface area (TPSA) is 37.4 Å². The summed E-state index contributed by atoms with van der Waals surface area (Å²) in [6.07, 6.45) is 4.08. The SMILES string of the molecule is Cc1nc(N(C)C2CCOC2C)sc1CNC1CC1. The van der Waals surface area contributed by atoms with E-state index in [2.05, 4.69) is 31.1 Å². The van der Waals surface area contributed by atoms with Crippen molar-refractivity contribution in [1.29, 1.82) is 0 Å². The van der Waals surface area contributed by atoms with Crippen molar-refractivity contribution in [1.82, 2.24) is 10.3 Å². The maximum atomic E-state index is 5.66. The van der Waals surface area contributed by atoms with Crippen molar-refractivity contribution in [2.45, 2.75) is 57.8 Å². The zero-order valence-electron chi connectivity index (χ0n) is 12.0. The number of thiazole rings is 1. The van der Waals surface area contributed by atoms with E-state index in [1.165, 1.54) is 23.4 Å². The van der Waals surface area contributed by atoms with Crippen LogP contribution in [0.3, 0.4) is 0 Å². The number of hydrogen-bond acceptors (Lipinski definition) is 5. The summed E-state index contributed by atoms with van der Waals surface area (Å²) in [5, 5.41) is 4.70. The molecule has 1 saturated heterocycles. The molecular formula is C14H23N3OS. The van der Waals surface area contributed by atoms with Gasteiger partial charge in [0.05, 0.1) is 17.8 Å². The molecule has 1 aliphatic heterocycles. The third-order valence-corrected chi connectivity index (χ3v) is 5.39. The molecule has 1 N–H and O–H groups in total. The third kappa shape index (κ3) is 2.93. The standard InChI is InChI=1S/C14H23N3OS/c1-9-13(8-15-11-4-5-11)19-14(16-9)17(3)12-6-7-18-10(12)2/h10-12,15H,4-8H2,1-3H3. The highest BCUT2D eigenvalue weighted by Gasteiger charge is 2.30. The molecule has 3 rings (SSSR count). The summed E-state index contributed by atoms with van der Waals surface area (Å²) >= 11 is 1.82. The Morgan fingerprint density at radius 1 is 1.42 bits per heavy atom. The number of hydrogen-bond donors (Lipinski definition) is 1. The van der Waals surface area contributed by atoms with E-state index in [-0.39, 0.29) is 0 Å². The Balaban J connectivity index is 1.67. The average Bonchev–Trinajstić information content (AvgIpc) is 3.01. The van der Waals surface area contributed by atoms with Crippen molar-refractivity contribution < 1.29 is 4.74 Å². The van der Waals surface area contributed by atoms with Gasteiger partial charge in [0.15, 0.2) is 5.13 Å². The van der Waals surface area contributed by atoms with Crippen LogP contribution < -0.4 is 10.2 Å². The van der Waals surface area contributed by atoms with Crippen LogP contribution in [0.25, 0.3) is 0 Å². The van der Waals surface area contributed by atoms with Gasteiger partial charge in [0.1, 0.15) is 0 Å². The molecule has 2 atom stereocenters. The second-order valence-electron chi connectivity index (χ2n) is 5.70. The van der Waals surface area contributed by atoms with Gasteiger partial charge in [-0.15, -0.1) is 11.3 Å². The second-order valence-corrected chi connectivity index (χ2v) is 6.77. The van der Waals surface area contributed by atoms with Crippen LogP contribution in [-0.2, 0) is 11.3 Å². The molecule has 2 heterocycles. The fraction of sp³-hybridized carbons (Fsp3) is 0.786. The van der Waals surface area contributed by atoms with E-state index in [1.807, 2.05) is 11.3 Å². The molecule has 1 aromatic heterocycles. The summed E-state index contributed by atoms with van der Waals surface area (Å²) in [5.41, 5.74) is 1.17. The van der Waals surface area contributed by atoms with Gasteiger partial charge in [-0.3, -0.25) is 0 Å². The maximum Gasteiger partial charge on any atom is 0.185 e. The molecule has 5 heteroatoms. The van der Waals surface area contributed by atoms with Crippen LogP contribution in [0.1, 0.15) is 36.8 Å². The molecule has 0 spiro atoms. The molecule has 19 heavy (non-hydrogen) atoms. The van der Waals surface area contributed by atoms with Gasteiger partial charge >= 0.3 is 0 Å². The van der Waals surface area contributed by atoms with Crippen molar-refractivity contribution in [3.05, 3.63) is 10.6 Å². The van der Waals surface area contributed by atoms with E-state index < -0.39 is 0 Å². The van der Waals surface area contributed by atoms with Gasteiger partial charge in [-0.25, -0.2) is 4.98 Å². The summed E-state index contributed by atoms with van der Waals surface area (Å²) in [7, 11) is 2.15. The van der Waals surface area contributed by atoms with Gasteiger partial charge < -0.3 is 15.0 Å². The first-order valence-electron chi connectivity index (χ1n) is 7.19. The van der Waals surface area contributed by atoms with Crippen LogP contribution >= 0.6 is 11.3 Å².